The van der Waals surface area contributed by atoms with Gasteiger partial charge in [-0.05, 0) is 67.1 Å². The average Bonchev–Trinajstić information content (AvgIpc) is 3.65. The number of hydrogen-bond donors (Lipinski definition) is 2. The molecule has 8 nitrogen and oxygen atoms in total. The van der Waals surface area contributed by atoms with Crippen molar-refractivity contribution in [1.29, 1.82) is 0 Å². The lowest BCUT2D eigenvalue weighted by atomic mass is 10.1. The maximum absolute atomic E-state index is 14.9. The highest BCUT2D eigenvalue weighted by atomic mass is 19.1. The van der Waals surface area contributed by atoms with Crippen LogP contribution < -0.4 is 15.8 Å². The molecule has 2 aromatic heterocycles. The first-order valence-electron chi connectivity index (χ1n) is 11.3. The average molecular weight is 471 g/mol. The van der Waals surface area contributed by atoms with Crippen molar-refractivity contribution in [2.24, 2.45) is 11.7 Å². The van der Waals surface area contributed by atoms with Gasteiger partial charge in [0.25, 0.3) is 0 Å². The van der Waals surface area contributed by atoms with Gasteiger partial charge in [0.1, 0.15) is 17.3 Å². The number of rotatable bonds is 7. The van der Waals surface area contributed by atoms with E-state index >= 15 is 0 Å². The molecule has 0 aliphatic heterocycles. The first kappa shape index (κ1) is 21.3. The Bertz CT molecular complexity index is 1520. The molecular weight excluding hydrogens is 449 g/mol. The van der Waals surface area contributed by atoms with Crippen molar-refractivity contribution in [3.63, 3.8) is 0 Å². The maximum Gasteiger partial charge on any atom is 0.248 e. The first-order valence-corrected chi connectivity index (χ1v) is 11.3. The van der Waals surface area contributed by atoms with Crippen molar-refractivity contribution in [2.45, 2.75) is 31.7 Å². The fourth-order valence-electron chi connectivity index (χ4n) is 4.51. The summed E-state index contributed by atoms with van der Waals surface area (Å²) in [7, 11) is 0. The van der Waals surface area contributed by atoms with Crippen LogP contribution in [0.1, 0.15) is 34.3 Å². The van der Waals surface area contributed by atoms with Crippen LogP contribution in [-0.4, -0.2) is 26.6 Å². The van der Waals surface area contributed by atoms with Gasteiger partial charge < -0.3 is 15.8 Å². The summed E-state index contributed by atoms with van der Waals surface area (Å²) in [6, 6.07) is 9.36. The molecule has 0 atom stereocenters. The van der Waals surface area contributed by atoms with Crippen LogP contribution in [-0.2, 0) is 16.8 Å². The topological polar surface area (TPSA) is 112 Å². The van der Waals surface area contributed by atoms with Gasteiger partial charge in [0.05, 0.1) is 29.4 Å². The zero-order valence-corrected chi connectivity index (χ0v) is 18.9. The minimum atomic E-state index is -0.567. The zero-order valence-electron chi connectivity index (χ0n) is 18.9. The fraction of sp³-hybridized carbons (Fsp3) is 0.231. The van der Waals surface area contributed by atoms with Gasteiger partial charge >= 0.3 is 0 Å². The van der Waals surface area contributed by atoms with Gasteiger partial charge in [0, 0.05) is 29.4 Å². The molecule has 2 aliphatic carbocycles. The van der Waals surface area contributed by atoms with Crippen molar-refractivity contribution < 1.29 is 18.7 Å². The molecular formula is C26H22FN5O3. The Morgan fingerprint density at radius 3 is 2.77 bits per heavy atom. The SMILES string of the molecule is Cc1cc(CC(=O)Nc2cnn(C34CC3C4)c2)c(F)cc1Oc1ccnc2ccc(C(N)=O)cc12. The van der Waals surface area contributed by atoms with Crippen LogP contribution in [0.25, 0.3) is 10.9 Å². The number of carbonyl (C=O) groups excluding carboxylic acids is 2. The van der Waals surface area contributed by atoms with Crippen LogP contribution in [0.2, 0.25) is 0 Å². The molecule has 0 spiro atoms. The number of benzene rings is 2. The van der Waals surface area contributed by atoms with Gasteiger partial charge in [0.2, 0.25) is 11.8 Å². The summed E-state index contributed by atoms with van der Waals surface area (Å²) in [6.07, 6.45) is 7.23. The second-order valence-electron chi connectivity index (χ2n) is 9.32. The Hall–Kier alpha value is -4.27. The van der Waals surface area contributed by atoms with Crippen LogP contribution in [0.3, 0.4) is 0 Å². The Morgan fingerprint density at radius 2 is 2.03 bits per heavy atom. The number of nitrogens with one attached hydrogen (secondary N) is 1. The molecule has 2 fully saturated rings. The summed E-state index contributed by atoms with van der Waals surface area (Å²) in [4.78, 5) is 28.4. The second-order valence-corrected chi connectivity index (χ2v) is 9.32. The molecule has 2 amide bonds. The third-order valence-corrected chi connectivity index (χ3v) is 6.86. The Morgan fingerprint density at radius 1 is 1.23 bits per heavy atom. The van der Waals surface area contributed by atoms with Crippen LogP contribution >= 0.6 is 0 Å². The van der Waals surface area contributed by atoms with E-state index in [2.05, 4.69) is 15.4 Å². The number of ether oxygens (including phenoxy) is 1. The first-order chi connectivity index (χ1) is 16.8. The van der Waals surface area contributed by atoms with E-state index in [0.717, 1.165) is 18.8 Å². The molecule has 0 bridgehead atoms. The third-order valence-electron chi connectivity index (χ3n) is 6.86. The molecule has 2 aromatic carbocycles. The zero-order chi connectivity index (χ0) is 24.3. The fourth-order valence-corrected chi connectivity index (χ4v) is 4.51. The Balaban J connectivity index is 1.19. The largest absolute Gasteiger partial charge is 0.456 e. The van der Waals surface area contributed by atoms with E-state index in [9.17, 15) is 14.0 Å². The molecule has 176 valence electrons. The number of anilines is 1. The summed E-state index contributed by atoms with van der Waals surface area (Å²) in [6.45, 7) is 1.78. The van der Waals surface area contributed by atoms with E-state index in [1.165, 1.54) is 6.07 Å². The quantitative estimate of drug-likeness (QED) is 0.422. The molecule has 2 saturated carbocycles. The van der Waals surface area contributed by atoms with Gasteiger partial charge in [-0.15, -0.1) is 0 Å². The van der Waals surface area contributed by atoms with Gasteiger partial charge in [-0.25, -0.2) is 4.39 Å². The van der Waals surface area contributed by atoms with E-state index in [1.807, 2.05) is 10.9 Å². The maximum atomic E-state index is 14.9. The highest BCUT2D eigenvalue weighted by molar-refractivity contribution is 5.98. The number of pyridine rings is 1. The number of aromatic nitrogens is 3. The predicted octanol–water partition coefficient (Wildman–Crippen LogP) is 4.07. The molecule has 9 heteroatoms. The van der Waals surface area contributed by atoms with E-state index in [4.69, 9.17) is 10.5 Å². The highest BCUT2D eigenvalue weighted by Gasteiger charge is 2.72. The number of nitrogens with two attached hydrogens (primary N) is 1. The lowest BCUT2D eigenvalue weighted by Gasteiger charge is -2.13. The van der Waals surface area contributed by atoms with Crippen molar-refractivity contribution in [2.75, 3.05) is 5.32 Å². The number of hydrogen-bond acceptors (Lipinski definition) is 5. The van der Waals surface area contributed by atoms with Crippen molar-refractivity contribution in [1.82, 2.24) is 14.8 Å². The number of halogens is 1. The van der Waals surface area contributed by atoms with Crippen molar-refractivity contribution in [3.05, 3.63) is 77.5 Å². The predicted molar refractivity (Wildman–Crippen MR) is 127 cm³/mol. The van der Waals surface area contributed by atoms with Crippen molar-refractivity contribution in [3.8, 4) is 11.5 Å². The van der Waals surface area contributed by atoms with E-state index in [0.29, 0.717) is 39.2 Å². The molecule has 0 radical (unpaired) electrons. The summed E-state index contributed by atoms with van der Waals surface area (Å²) < 4.78 is 22.9. The monoisotopic (exact) mass is 471 g/mol. The van der Waals surface area contributed by atoms with Crippen LogP contribution in [0.5, 0.6) is 11.5 Å². The van der Waals surface area contributed by atoms with Gasteiger partial charge in [-0.3, -0.25) is 19.3 Å². The highest BCUT2D eigenvalue weighted by Crippen LogP contribution is 2.72. The number of carbonyl (C=O) groups is 2. The summed E-state index contributed by atoms with van der Waals surface area (Å²) in [5.74, 6) is 0.00675. The van der Waals surface area contributed by atoms with Gasteiger partial charge in [0.15, 0.2) is 0 Å². The van der Waals surface area contributed by atoms with E-state index in [-0.39, 0.29) is 23.4 Å². The molecule has 0 unspecified atom stereocenters. The molecule has 0 saturated heterocycles. The minimum Gasteiger partial charge on any atom is -0.456 e. The smallest absolute Gasteiger partial charge is 0.248 e. The van der Waals surface area contributed by atoms with Gasteiger partial charge in [-0.1, -0.05) is 0 Å². The number of aryl methyl sites for hydroxylation is 1. The third kappa shape index (κ3) is 3.78. The lowest BCUT2D eigenvalue weighted by Crippen LogP contribution is -2.15. The van der Waals surface area contributed by atoms with E-state index < -0.39 is 11.7 Å². The molecule has 4 aromatic rings. The summed E-state index contributed by atoms with van der Waals surface area (Å²) in [5, 5.41) is 7.73. The molecule has 35 heavy (non-hydrogen) atoms. The van der Waals surface area contributed by atoms with Gasteiger partial charge in [-0.2, -0.15) is 5.10 Å². The molecule has 2 aliphatic rings. The van der Waals surface area contributed by atoms with Crippen LogP contribution in [0.15, 0.2) is 55.0 Å². The van der Waals surface area contributed by atoms with Crippen LogP contribution in [0, 0.1) is 18.7 Å². The number of nitrogens with zero attached hydrogens (tertiary/aromatic N) is 3. The Kier molecular flexibility index (Phi) is 4.64. The van der Waals surface area contributed by atoms with Crippen LogP contribution in [0.4, 0.5) is 10.1 Å². The number of primary amides is 1. The molecule has 2 heterocycles. The Labute approximate surface area is 199 Å². The lowest BCUT2D eigenvalue weighted by molar-refractivity contribution is -0.115. The minimum absolute atomic E-state index is 0.119. The molecule has 6 rings (SSSR count). The van der Waals surface area contributed by atoms with E-state index in [1.54, 1.807) is 49.6 Å². The number of fused-ring (bicyclic) bond motifs is 2. The normalized spacial score (nSPS) is 19.8. The summed E-state index contributed by atoms with van der Waals surface area (Å²) >= 11 is 0. The second kappa shape index (κ2) is 7.63. The number of amides is 2. The van der Waals surface area contributed by atoms with Crippen molar-refractivity contribution >= 4 is 28.4 Å². The standard InChI is InChI=1S/C26H22FN5O3/c1-14-6-16(8-24(33)31-18-12-30-32(13-18)26-10-17(26)11-26)20(27)9-23(14)35-22-4-5-29-21-3-2-15(25(28)34)7-19(21)22/h2-7,9,12-13,17H,8,10-11H2,1H3,(H2,28,34)(H,31,33). The molecule has 3 N–H and O–H groups in total. The summed E-state index contributed by atoms with van der Waals surface area (Å²) in [5.41, 5.74) is 8.05.